The van der Waals surface area contributed by atoms with E-state index in [0.717, 1.165) is 18.8 Å². The van der Waals surface area contributed by atoms with Gasteiger partial charge in [-0.25, -0.2) is 9.69 Å². The number of nitrogens with one attached hydrogen (secondary N) is 1. The first kappa shape index (κ1) is 19.6. The number of hydrogen-bond donors (Lipinski definition) is 1. The van der Waals surface area contributed by atoms with E-state index in [-0.39, 0.29) is 11.9 Å². The quantitative estimate of drug-likeness (QED) is 0.777. The summed E-state index contributed by atoms with van der Waals surface area (Å²) in [4.78, 5) is 29.5. The summed E-state index contributed by atoms with van der Waals surface area (Å²) in [5.74, 6) is 0.773. The van der Waals surface area contributed by atoms with Gasteiger partial charge in [-0.15, -0.1) is 0 Å². The average Bonchev–Trinajstić information content (AvgIpc) is 3.36. The Morgan fingerprint density at radius 3 is 2.58 bits per heavy atom. The fourth-order valence-electron chi connectivity index (χ4n) is 4.83. The molecule has 0 aliphatic carbocycles. The van der Waals surface area contributed by atoms with Crippen molar-refractivity contribution in [1.29, 1.82) is 5.26 Å². The summed E-state index contributed by atoms with van der Waals surface area (Å²) in [6.45, 7) is 4.35. The molecule has 1 spiro atoms. The van der Waals surface area contributed by atoms with Gasteiger partial charge in [0.25, 0.3) is 5.91 Å². The van der Waals surface area contributed by atoms with Crippen LogP contribution in [-0.2, 0) is 11.2 Å². The van der Waals surface area contributed by atoms with Crippen molar-refractivity contribution in [3.05, 3.63) is 59.2 Å². The lowest BCUT2D eigenvalue weighted by molar-refractivity contribution is -0.124. The van der Waals surface area contributed by atoms with Gasteiger partial charge in [-0.1, -0.05) is 12.1 Å². The van der Waals surface area contributed by atoms with E-state index in [1.54, 1.807) is 24.3 Å². The third-order valence-corrected chi connectivity index (χ3v) is 6.82. The molecule has 2 aromatic carbocycles. The van der Waals surface area contributed by atoms with Gasteiger partial charge in [0.05, 0.1) is 23.9 Å². The molecule has 5 rings (SSSR count). The Labute approximate surface area is 181 Å². The molecule has 1 unspecified atom stereocenters. The molecule has 31 heavy (non-hydrogen) atoms. The largest absolute Gasteiger partial charge is 0.493 e. The monoisotopic (exact) mass is 416 g/mol. The molecule has 0 bridgehead atoms. The van der Waals surface area contributed by atoms with E-state index in [2.05, 4.69) is 35.3 Å². The number of likely N-dealkylation sites (tertiary alicyclic amines) is 1. The average molecular weight is 416 g/mol. The Morgan fingerprint density at radius 2 is 1.87 bits per heavy atom. The number of anilines is 1. The number of fused-ring (bicyclic) bond motifs is 1. The van der Waals surface area contributed by atoms with Gasteiger partial charge < -0.3 is 10.1 Å². The Morgan fingerprint density at radius 1 is 1.13 bits per heavy atom. The van der Waals surface area contributed by atoms with Gasteiger partial charge in [0.1, 0.15) is 11.3 Å². The number of ether oxygens (including phenoxy) is 1. The lowest BCUT2D eigenvalue weighted by Crippen LogP contribution is -2.55. The number of nitrogens with zero attached hydrogens (tertiary/aromatic N) is 3. The first-order valence-electron chi connectivity index (χ1n) is 10.7. The highest BCUT2D eigenvalue weighted by molar-refractivity contribution is 6.23. The van der Waals surface area contributed by atoms with Crippen LogP contribution in [0.4, 0.5) is 10.5 Å². The van der Waals surface area contributed by atoms with Crippen LogP contribution in [0.15, 0.2) is 42.5 Å². The van der Waals surface area contributed by atoms with Gasteiger partial charge in [0.2, 0.25) is 0 Å². The van der Waals surface area contributed by atoms with Crippen molar-refractivity contribution in [1.82, 2.24) is 10.2 Å². The Kier molecular flexibility index (Phi) is 4.67. The lowest BCUT2D eigenvalue weighted by Gasteiger charge is -2.40. The van der Waals surface area contributed by atoms with Crippen molar-refractivity contribution in [2.24, 2.45) is 0 Å². The second kappa shape index (κ2) is 7.40. The summed E-state index contributed by atoms with van der Waals surface area (Å²) >= 11 is 0. The smallest absolute Gasteiger partial charge is 0.329 e. The number of carbonyl (C=O) groups is 2. The number of carbonyl (C=O) groups excluding carboxylic acids is 2. The summed E-state index contributed by atoms with van der Waals surface area (Å²) in [6.07, 6.45) is 2.10. The highest BCUT2D eigenvalue weighted by Gasteiger charge is 2.53. The van der Waals surface area contributed by atoms with E-state index < -0.39 is 11.6 Å². The maximum absolute atomic E-state index is 13.3. The standard InChI is InChI=1S/C24H24N4O3/c1-16(19-5-4-18-8-13-31-21(18)14-19)27-11-9-24(10-12-27)22(29)28(23(30)26-24)20-6-2-17(15-25)3-7-20/h2-7,14,16H,8-13H2,1H3,(H,26,30). The predicted octanol–water partition coefficient (Wildman–Crippen LogP) is 3.15. The number of piperidine rings is 1. The molecular weight excluding hydrogens is 392 g/mol. The fourth-order valence-corrected chi connectivity index (χ4v) is 4.83. The van der Waals surface area contributed by atoms with E-state index in [1.807, 2.05) is 6.07 Å². The lowest BCUT2D eigenvalue weighted by atomic mass is 9.86. The van der Waals surface area contributed by atoms with Crippen LogP contribution in [0.25, 0.3) is 0 Å². The van der Waals surface area contributed by atoms with Crippen LogP contribution in [0.3, 0.4) is 0 Å². The molecule has 2 aromatic rings. The maximum Gasteiger partial charge on any atom is 0.329 e. The van der Waals surface area contributed by atoms with Crippen molar-refractivity contribution in [2.75, 3.05) is 24.6 Å². The number of amides is 3. The van der Waals surface area contributed by atoms with Crippen molar-refractivity contribution in [3.63, 3.8) is 0 Å². The maximum atomic E-state index is 13.3. The minimum Gasteiger partial charge on any atom is -0.493 e. The fraction of sp³-hybridized carbons (Fsp3) is 0.375. The number of imide groups is 1. The minimum atomic E-state index is -0.859. The predicted molar refractivity (Wildman–Crippen MR) is 115 cm³/mol. The minimum absolute atomic E-state index is 0.202. The number of rotatable bonds is 3. The summed E-state index contributed by atoms with van der Waals surface area (Å²) in [7, 11) is 0. The zero-order valence-corrected chi connectivity index (χ0v) is 17.4. The van der Waals surface area contributed by atoms with Gasteiger partial charge in [-0.2, -0.15) is 5.26 Å². The van der Waals surface area contributed by atoms with Crippen LogP contribution < -0.4 is 15.0 Å². The van der Waals surface area contributed by atoms with Crippen molar-refractivity contribution < 1.29 is 14.3 Å². The molecule has 2 fully saturated rings. The molecule has 7 heteroatoms. The van der Waals surface area contributed by atoms with Crippen LogP contribution >= 0.6 is 0 Å². The van der Waals surface area contributed by atoms with Crippen LogP contribution in [0.5, 0.6) is 5.75 Å². The first-order valence-corrected chi connectivity index (χ1v) is 10.7. The zero-order chi connectivity index (χ0) is 21.6. The second-order valence-corrected chi connectivity index (χ2v) is 8.49. The van der Waals surface area contributed by atoms with Crippen LogP contribution in [-0.4, -0.2) is 42.1 Å². The zero-order valence-electron chi connectivity index (χ0n) is 17.4. The third kappa shape index (κ3) is 3.24. The molecule has 0 saturated carbocycles. The summed E-state index contributed by atoms with van der Waals surface area (Å²) in [5, 5.41) is 11.9. The van der Waals surface area contributed by atoms with Crippen LogP contribution in [0.1, 0.15) is 42.5 Å². The molecule has 3 aliphatic heterocycles. The number of nitriles is 1. The van der Waals surface area contributed by atoms with Gasteiger partial charge in [-0.05, 0) is 61.2 Å². The molecule has 158 valence electrons. The Bertz CT molecular complexity index is 1080. The molecule has 0 radical (unpaired) electrons. The van der Waals surface area contributed by atoms with E-state index in [9.17, 15) is 9.59 Å². The van der Waals surface area contributed by atoms with Gasteiger partial charge in [0, 0.05) is 25.6 Å². The molecule has 0 aromatic heterocycles. The highest BCUT2D eigenvalue weighted by atomic mass is 16.5. The van der Waals surface area contributed by atoms with E-state index in [4.69, 9.17) is 10.00 Å². The first-order chi connectivity index (χ1) is 15.0. The molecule has 1 atom stereocenters. The Hall–Kier alpha value is -3.37. The highest BCUT2D eigenvalue weighted by Crippen LogP contribution is 2.36. The summed E-state index contributed by atoms with van der Waals surface area (Å²) < 4.78 is 5.71. The molecule has 2 saturated heterocycles. The number of hydrogen-bond acceptors (Lipinski definition) is 5. The molecule has 3 aliphatic rings. The molecule has 3 heterocycles. The molecular formula is C24H24N4O3. The van der Waals surface area contributed by atoms with Crippen LogP contribution in [0, 0.1) is 11.3 Å². The van der Waals surface area contributed by atoms with Crippen molar-refractivity contribution in [3.8, 4) is 11.8 Å². The number of benzene rings is 2. The topological polar surface area (TPSA) is 85.7 Å². The van der Waals surface area contributed by atoms with Gasteiger partial charge in [0.15, 0.2) is 0 Å². The van der Waals surface area contributed by atoms with Crippen molar-refractivity contribution in [2.45, 2.75) is 37.8 Å². The SMILES string of the molecule is CC(c1ccc2c(c1)OCC2)N1CCC2(CC1)NC(=O)N(c1ccc(C#N)cc1)C2=O. The van der Waals surface area contributed by atoms with Gasteiger partial charge >= 0.3 is 6.03 Å². The van der Waals surface area contributed by atoms with E-state index in [1.165, 1.54) is 16.0 Å². The summed E-state index contributed by atoms with van der Waals surface area (Å²) in [6, 6.07) is 14.8. The molecule has 3 amide bonds. The third-order valence-electron chi connectivity index (χ3n) is 6.82. The van der Waals surface area contributed by atoms with E-state index >= 15 is 0 Å². The van der Waals surface area contributed by atoms with Gasteiger partial charge in [-0.3, -0.25) is 9.69 Å². The second-order valence-electron chi connectivity index (χ2n) is 8.49. The van der Waals surface area contributed by atoms with E-state index in [0.29, 0.717) is 37.2 Å². The van der Waals surface area contributed by atoms with Crippen LogP contribution in [0.2, 0.25) is 0 Å². The molecule has 1 N–H and O–H groups in total. The molecule has 7 nitrogen and oxygen atoms in total. The summed E-state index contributed by atoms with van der Waals surface area (Å²) in [5.41, 5.74) is 2.59. The normalized spacial score (nSPS) is 20.8. The van der Waals surface area contributed by atoms with Crippen molar-refractivity contribution >= 4 is 17.6 Å². The Balaban J connectivity index is 1.29. The number of urea groups is 1.